The third-order valence-corrected chi connectivity index (χ3v) is 2.71. The summed E-state index contributed by atoms with van der Waals surface area (Å²) in [6.07, 6.45) is 4.23. The zero-order valence-electron chi connectivity index (χ0n) is 9.73. The van der Waals surface area contributed by atoms with Crippen molar-refractivity contribution >= 4 is 0 Å². The Bertz CT molecular complexity index is 439. The minimum absolute atomic E-state index is 0.0138. The van der Waals surface area contributed by atoms with Gasteiger partial charge in [-0.05, 0) is 31.9 Å². The maximum Gasteiger partial charge on any atom is 0.0950 e. The first-order valence-electron chi connectivity index (χ1n) is 5.50. The number of nitrogens with two attached hydrogens (primary N) is 1. The molecule has 0 aliphatic heterocycles. The van der Waals surface area contributed by atoms with Crippen molar-refractivity contribution in [2.24, 2.45) is 5.73 Å². The largest absolute Gasteiger partial charge is 0.472 e. The summed E-state index contributed by atoms with van der Waals surface area (Å²) in [5, 5.41) is 0. The second-order valence-electron chi connectivity index (χ2n) is 4.36. The van der Waals surface area contributed by atoms with Crippen LogP contribution in [0.4, 0.5) is 0 Å². The van der Waals surface area contributed by atoms with Crippen LogP contribution in [0.3, 0.4) is 0 Å². The summed E-state index contributed by atoms with van der Waals surface area (Å²) in [7, 11) is 0. The Morgan fingerprint density at radius 1 is 1.19 bits per heavy atom. The first-order valence-corrected chi connectivity index (χ1v) is 5.50. The van der Waals surface area contributed by atoms with E-state index in [1.807, 2.05) is 6.07 Å². The Labute approximate surface area is 96.1 Å². The summed E-state index contributed by atoms with van der Waals surface area (Å²) >= 11 is 0. The molecule has 1 unspecified atom stereocenters. The molecule has 2 heteroatoms. The Balaban J connectivity index is 2.15. The lowest BCUT2D eigenvalue weighted by molar-refractivity contribution is 0.558. The number of hydrogen-bond acceptors (Lipinski definition) is 2. The van der Waals surface area contributed by atoms with Gasteiger partial charge in [0.2, 0.25) is 0 Å². The smallest absolute Gasteiger partial charge is 0.0950 e. The average molecular weight is 215 g/mol. The molecule has 1 heterocycles. The molecule has 1 aromatic heterocycles. The number of aryl methyl sites for hydroxylation is 2. The van der Waals surface area contributed by atoms with Gasteiger partial charge in [-0.15, -0.1) is 0 Å². The molecule has 0 amide bonds. The van der Waals surface area contributed by atoms with Crippen molar-refractivity contribution < 1.29 is 4.42 Å². The molecule has 0 spiro atoms. The van der Waals surface area contributed by atoms with Crippen molar-refractivity contribution in [3.05, 3.63) is 59.0 Å². The average Bonchev–Trinajstić information content (AvgIpc) is 2.68. The number of furan rings is 1. The van der Waals surface area contributed by atoms with E-state index in [4.69, 9.17) is 10.2 Å². The van der Waals surface area contributed by atoms with Gasteiger partial charge in [-0.25, -0.2) is 0 Å². The monoisotopic (exact) mass is 215 g/mol. The fraction of sp³-hybridized carbons (Fsp3) is 0.286. The van der Waals surface area contributed by atoms with Gasteiger partial charge in [0.15, 0.2) is 0 Å². The van der Waals surface area contributed by atoms with Crippen LogP contribution < -0.4 is 5.73 Å². The number of rotatable bonds is 3. The first kappa shape index (κ1) is 11.0. The van der Waals surface area contributed by atoms with E-state index in [9.17, 15) is 0 Å². The summed E-state index contributed by atoms with van der Waals surface area (Å²) in [5.74, 6) is 0. The van der Waals surface area contributed by atoms with Crippen molar-refractivity contribution in [1.29, 1.82) is 0 Å². The highest BCUT2D eigenvalue weighted by atomic mass is 16.3. The highest BCUT2D eigenvalue weighted by Gasteiger charge is 2.08. The Morgan fingerprint density at radius 2 is 1.88 bits per heavy atom. The van der Waals surface area contributed by atoms with Gasteiger partial charge < -0.3 is 10.2 Å². The zero-order chi connectivity index (χ0) is 11.5. The van der Waals surface area contributed by atoms with Crippen LogP contribution in [-0.2, 0) is 6.42 Å². The lowest BCUT2D eigenvalue weighted by Crippen LogP contribution is -2.12. The van der Waals surface area contributed by atoms with Gasteiger partial charge in [-0.1, -0.05) is 29.3 Å². The zero-order valence-corrected chi connectivity index (χ0v) is 9.73. The van der Waals surface area contributed by atoms with Crippen LogP contribution in [-0.4, -0.2) is 0 Å². The van der Waals surface area contributed by atoms with Crippen LogP contribution in [0.2, 0.25) is 0 Å². The molecular formula is C14H17NO. The Kier molecular flexibility index (Phi) is 3.11. The van der Waals surface area contributed by atoms with Crippen molar-refractivity contribution in [2.75, 3.05) is 0 Å². The molecule has 0 aliphatic carbocycles. The molecule has 16 heavy (non-hydrogen) atoms. The SMILES string of the molecule is Cc1cc(C)cc(CC(N)c2ccoc2)c1. The Hall–Kier alpha value is -1.54. The predicted octanol–water partition coefficient (Wildman–Crippen LogP) is 3.14. The fourth-order valence-electron chi connectivity index (χ4n) is 2.04. The standard InChI is InChI=1S/C14H17NO/c1-10-5-11(2)7-12(6-10)8-14(15)13-3-4-16-9-13/h3-7,9,14H,8,15H2,1-2H3. The van der Waals surface area contributed by atoms with E-state index >= 15 is 0 Å². The lowest BCUT2D eigenvalue weighted by Gasteiger charge is -2.10. The minimum Gasteiger partial charge on any atom is -0.472 e. The molecule has 0 aliphatic rings. The third-order valence-electron chi connectivity index (χ3n) is 2.71. The maximum absolute atomic E-state index is 6.11. The minimum atomic E-state index is 0.0138. The van der Waals surface area contributed by atoms with Crippen molar-refractivity contribution in [3.8, 4) is 0 Å². The lowest BCUT2D eigenvalue weighted by atomic mass is 9.99. The first-order chi connectivity index (χ1) is 7.65. The molecule has 0 radical (unpaired) electrons. The van der Waals surface area contributed by atoms with Crippen LogP contribution in [0.1, 0.15) is 28.3 Å². The molecule has 2 rings (SSSR count). The summed E-state index contributed by atoms with van der Waals surface area (Å²) in [4.78, 5) is 0. The van der Waals surface area contributed by atoms with Gasteiger partial charge in [0.1, 0.15) is 0 Å². The third kappa shape index (κ3) is 2.52. The number of benzene rings is 1. The molecule has 2 nitrogen and oxygen atoms in total. The second-order valence-corrected chi connectivity index (χ2v) is 4.36. The molecule has 1 atom stereocenters. The maximum atomic E-state index is 6.11. The van der Waals surface area contributed by atoms with E-state index < -0.39 is 0 Å². The number of hydrogen-bond donors (Lipinski definition) is 1. The molecule has 0 saturated heterocycles. The van der Waals surface area contributed by atoms with Crippen LogP contribution in [0.5, 0.6) is 0 Å². The van der Waals surface area contributed by atoms with Crippen molar-refractivity contribution in [2.45, 2.75) is 26.3 Å². The van der Waals surface area contributed by atoms with Gasteiger partial charge in [-0.2, -0.15) is 0 Å². The summed E-state index contributed by atoms with van der Waals surface area (Å²) < 4.78 is 5.04. The topological polar surface area (TPSA) is 39.2 Å². The molecule has 0 bridgehead atoms. The molecule has 0 fully saturated rings. The molecule has 2 N–H and O–H groups in total. The summed E-state index contributed by atoms with van der Waals surface area (Å²) in [6.45, 7) is 4.22. The van der Waals surface area contributed by atoms with E-state index in [2.05, 4.69) is 32.0 Å². The second kappa shape index (κ2) is 4.54. The normalized spacial score (nSPS) is 12.7. The highest BCUT2D eigenvalue weighted by Crippen LogP contribution is 2.18. The van der Waals surface area contributed by atoms with E-state index in [0.717, 1.165) is 12.0 Å². The molecule has 84 valence electrons. The predicted molar refractivity (Wildman–Crippen MR) is 65.3 cm³/mol. The van der Waals surface area contributed by atoms with E-state index in [-0.39, 0.29) is 6.04 Å². The van der Waals surface area contributed by atoms with Gasteiger partial charge in [0.05, 0.1) is 12.5 Å². The molecule has 0 saturated carbocycles. The summed E-state index contributed by atoms with van der Waals surface area (Å²) in [5.41, 5.74) is 11.0. The molecular weight excluding hydrogens is 198 g/mol. The van der Waals surface area contributed by atoms with Gasteiger partial charge >= 0.3 is 0 Å². The Morgan fingerprint density at radius 3 is 2.44 bits per heavy atom. The van der Waals surface area contributed by atoms with Crippen LogP contribution in [0.25, 0.3) is 0 Å². The quantitative estimate of drug-likeness (QED) is 0.854. The van der Waals surface area contributed by atoms with Crippen LogP contribution in [0.15, 0.2) is 41.2 Å². The molecule has 1 aromatic carbocycles. The van der Waals surface area contributed by atoms with E-state index in [1.165, 1.54) is 16.7 Å². The van der Waals surface area contributed by atoms with E-state index in [1.54, 1.807) is 12.5 Å². The van der Waals surface area contributed by atoms with Gasteiger partial charge in [0.25, 0.3) is 0 Å². The summed E-state index contributed by atoms with van der Waals surface area (Å²) in [6, 6.07) is 8.49. The van der Waals surface area contributed by atoms with Gasteiger partial charge in [0, 0.05) is 11.6 Å². The highest BCUT2D eigenvalue weighted by molar-refractivity contribution is 5.30. The van der Waals surface area contributed by atoms with Crippen molar-refractivity contribution in [1.82, 2.24) is 0 Å². The van der Waals surface area contributed by atoms with Crippen LogP contribution in [0, 0.1) is 13.8 Å². The molecule has 2 aromatic rings. The van der Waals surface area contributed by atoms with Gasteiger partial charge in [-0.3, -0.25) is 0 Å². The fourth-order valence-corrected chi connectivity index (χ4v) is 2.04. The van der Waals surface area contributed by atoms with Crippen molar-refractivity contribution in [3.63, 3.8) is 0 Å². The van der Waals surface area contributed by atoms with Crippen LogP contribution >= 0.6 is 0 Å². The van der Waals surface area contributed by atoms with E-state index in [0.29, 0.717) is 0 Å².